The third kappa shape index (κ3) is 5.40. The molecular formula is C24H33N3O4. The first-order valence-corrected chi connectivity index (χ1v) is 10.7. The van der Waals surface area contributed by atoms with Gasteiger partial charge in [0, 0.05) is 44.0 Å². The molecule has 7 nitrogen and oxygen atoms in total. The van der Waals surface area contributed by atoms with Crippen molar-refractivity contribution in [1.82, 2.24) is 14.5 Å². The number of amides is 1. The highest BCUT2D eigenvalue weighted by molar-refractivity contribution is 5.92. The number of carbonyl (C=O) groups excluding carboxylic acids is 1. The van der Waals surface area contributed by atoms with E-state index < -0.39 is 0 Å². The van der Waals surface area contributed by atoms with Crippen LogP contribution in [0.1, 0.15) is 44.0 Å². The Morgan fingerprint density at radius 1 is 1.13 bits per heavy atom. The normalized spacial score (nSPS) is 15.0. The molecule has 1 aromatic heterocycles. The fraction of sp³-hybridized carbons (Fsp3) is 0.500. The van der Waals surface area contributed by atoms with Gasteiger partial charge in [0.2, 0.25) is 11.7 Å². The van der Waals surface area contributed by atoms with Gasteiger partial charge in [0.1, 0.15) is 5.82 Å². The van der Waals surface area contributed by atoms with Crippen molar-refractivity contribution in [1.29, 1.82) is 0 Å². The van der Waals surface area contributed by atoms with E-state index in [0.717, 1.165) is 43.9 Å². The number of methoxy groups -OCH3 is 3. The third-order valence-corrected chi connectivity index (χ3v) is 5.75. The Balaban J connectivity index is 1.59. The number of piperidine rings is 1. The van der Waals surface area contributed by atoms with Crippen LogP contribution in [0.4, 0.5) is 0 Å². The Morgan fingerprint density at radius 3 is 2.32 bits per heavy atom. The van der Waals surface area contributed by atoms with E-state index in [1.165, 1.54) is 0 Å². The minimum Gasteiger partial charge on any atom is -0.493 e. The second-order valence-electron chi connectivity index (χ2n) is 8.15. The molecule has 7 heteroatoms. The number of likely N-dealkylation sites (tertiary alicyclic amines) is 1. The first kappa shape index (κ1) is 22.7. The molecular weight excluding hydrogens is 394 g/mol. The van der Waals surface area contributed by atoms with Crippen molar-refractivity contribution in [2.75, 3.05) is 34.4 Å². The fourth-order valence-electron chi connectivity index (χ4n) is 4.06. The summed E-state index contributed by atoms with van der Waals surface area (Å²) < 4.78 is 18.4. The van der Waals surface area contributed by atoms with E-state index in [4.69, 9.17) is 14.2 Å². The van der Waals surface area contributed by atoms with E-state index in [1.807, 2.05) is 23.2 Å². The van der Waals surface area contributed by atoms with Gasteiger partial charge in [0.25, 0.3) is 0 Å². The zero-order valence-corrected chi connectivity index (χ0v) is 19.1. The largest absolute Gasteiger partial charge is 0.493 e. The van der Waals surface area contributed by atoms with Gasteiger partial charge in [-0.25, -0.2) is 4.98 Å². The summed E-state index contributed by atoms with van der Waals surface area (Å²) in [7, 11) is 4.72. The number of carbonyl (C=O) groups is 1. The summed E-state index contributed by atoms with van der Waals surface area (Å²) in [6, 6.07) is 3.66. The maximum absolute atomic E-state index is 12.7. The zero-order valence-electron chi connectivity index (χ0n) is 19.1. The number of hydrogen-bond donors (Lipinski definition) is 0. The molecule has 0 N–H and O–H groups in total. The molecule has 0 saturated carbocycles. The van der Waals surface area contributed by atoms with Crippen LogP contribution in [0, 0.1) is 5.92 Å². The van der Waals surface area contributed by atoms with Crippen molar-refractivity contribution in [3.05, 3.63) is 42.0 Å². The molecule has 0 bridgehead atoms. The van der Waals surface area contributed by atoms with Gasteiger partial charge in [-0.05, 0) is 42.5 Å². The molecule has 1 amide bonds. The van der Waals surface area contributed by atoms with Crippen LogP contribution in [0.15, 0.2) is 30.6 Å². The van der Waals surface area contributed by atoms with Gasteiger partial charge >= 0.3 is 0 Å². The second-order valence-corrected chi connectivity index (χ2v) is 8.15. The summed E-state index contributed by atoms with van der Waals surface area (Å²) in [4.78, 5) is 19.1. The van der Waals surface area contributed by atoms with Gasteiger partial charge in [0.05, 0.1) is 21.3 Å². The van der Waals surface area contributed by atoms with E-state index in [-0.39, 0.29) is 5.91 Å². The lowest BCUT2D eigenvalue weighted by molar-refractivity contribution is -0.127. The Bertz CT molecular complexity index is 886. The second kappa shape index (κ2) is 10.4. The number of ether oxygens (including phenoxy) is 3. The van der Waals surface area contributed by atoms with Gasteiger partial charge in [-0.3, -0.25) is 4.79 Å². The maximum atomic E-state index is 12.7. The van der Waals surface area contributed by atoms with Crippen LogP contribution >= 0.6 is 0 Å². The number of nitrogens with zero attached hydrogens (tertiary/aromatic N) is 3. The van der Waals surface area contributed by atoms with Crippen LogP contribution in [0.3, 0.4) is 0 Å². The van der Waals surface area contributed by atoms with Gasteiger partial charge in [0.15, 0.2) is 11.5 Å². The Morgan fingerprint density at radius 2 is 1.77 bits per heavy atom. The summed E-state index contributed by atoms with van der Waals surface area (Å²) in [6.45, 7) is 6.85. The standard InChI is InChI=1S/C24H33N3O4/c1-17(2)24-25-10-13-27(24)16-18-8-11-26(12-9-18)22(28)7-6-19-14-20(29-3)23(31-5)21(15-19)30-4/h6-7,10,13-15,17-18H,8-9,11-12,16H2,1-5H3/b7-6+. The first-order valence-electron chi connectivity index (χ1n) is 10.7. The summed E-state index contributed by atoms with van der Waals surface area (Å²) >= 11 is 0. The van der Waals surface area contributed by atoms with Crippen LogP contribution in [-0.4, -0.2) is 54.8 Å². The molecule has 0 radical (unpaired) electrons. The number of hydrogen-bond acceptors (Lipinski definition) is 5. The number of imidazole rings is 1. The SMILES string of the molecule is COc1cc(/C=C/C(=O)N2CCC(Cn3ccnc3C(C)C)CC2)cc(OC)c1OC. The van der Waals surface area contributed by atoms with E-state index >= 15 is 0 Å². The molecule has 2 aromatic rings. The van der Waals surface area contributed by atoms with Crippen molar-refractivity contribution in [2.45, 2.75) is 39.2 Å². The summed E-state index contributed by atoms with van der Waals surface area (Å²) in [5, 5.41) is 0. The molecule has 1 aromatic carbocycles. The minimum absolute atomic E-state index is 0.0257. The van der Waals surface area contributed by atoms with Gasteiger partial charge < -0.3 is 23.7 Å². The topological polar surface area (TPSA) is 65.8 Å². The van der Waals surface area contributed by atoms with Crippen LogP contribution in [0.25, 0.3) is 6.08 Å². The maximum Gasteiger partial charge on any atom is 0.246 e. The molecule has 1 aliphatic rings. The highest BCUT2D eigenvalue weighted by Crippen LogP contribution is 2.38. The highest BCUT2D eigenvalue weighted by atomic mass is 16.5. The lowest BCUT2D eigenvalue weighted by atomic mass is 9.96. The van der Waals surface area contributed by atoms with Crippen LogP contribution < -0.4 is 14.2 Å². The first-order chi connectivity index (χ1) is 15.0. The van der Waals surface area contributed by atoms with Crippen LogP contribution in [0.2, 0.25) is 0 Å². The molecule has 31 heavy (non-hydrogen) atoms. The van der Waals surface area contributed by atoms with Gasteiger partial charge in [-0.2, -0.15) is 0 Å². The Hall–Kier alpha value is -2.96. The molecule has 2 heterocycles. The number of rotatable bonds is 8. The van der Waals surface area contributed by atoms with Crippen molar-refractivity contribution in [3.63, 3.8) is 0 Å². The van der Waals surface area contributed by atoms with Crippen LogP contribution in [0.5, 0.6) is 17.2 Å². The average molecular weight is 428 g/mol. The van der Waals surface area contributed by atoms with Crippen molar-refractivity contribution in [3.8, 4) is 17.2 Å². The molecule has 1 fully saturated rings. The van der Waals surface area contributed by atoms with E-state index in [9.17, 15) is 4.79 Å². The number of aromatic nitrogens is 2. The molecule has 0 spiro atoms. The molecule has 0 atom stereocenters. The van der Waals surface area contributed by atoms with E-state index in [2.05, 4.69) is 29.6 Å². The molecule has 0 unspecified atom stereocenters. The Labute approximate surface area is 184 Å². The summed E-state index contributed by atoms with van der Waals surface area (Å²) in [5.41, 5.74) is 0.819. The van der Waals surface area contributed by atoms with E-state index in [1.54, 1.807) is 33.5 Å². The molecule has 1 saturated heterocycles. The lowest BCUT2D eigenvalue weighted by Crippen LogP contribution is -2.38. The van der Waals surface area contributed by atoms with Crippen molar-refractivity contribution in [2.24, 2.45) is 5.92 Å². The third-order valence-electron chi connectivity index (χ3n) is 5.75. The molecule has 168 valence electrons. The average Bonchev–Trinajstić information content (AvgIpc) is 3.25. The van der Waals surface area contributed by atoms with Crippen LogP contribution in [-0.2, 0) is 11.3 Å². The molecule has 1 aliphatic heterocycles. The smallest absolute Gasteiger partial charge is 0.246 e. The quantitative estimate of drug-likeness (QED) is 0.596. The van der Waals surface area contributed by atoms with E-state index in [0.29, 0.717) is 29.1 Å². The summed E-state index contributed by atoms with van der Waals surface area (Å²) in [6.07, 6.45) is 9.35. The zero-order chi connectivity index (χ0) is 22.4. The van der Waals surface area contributed by atoms with Crippen molar-refractivity contribution < 1.29 is 19.0 Å². The fourth-order valence-corrected chi connectivity index (χ4v) is 4.06. The molecule has 0 aliphatic carbocycles. The predicted octanol–water partition coefficient (Wildman–Crippen LogP) is 3.98. The highest BCUT2D eigenvalue weighted by Gasteiger charge is 2.23. The predicted molar refractivity (Wildman–Crippen MR) is 121 cm³/mol. The van der Waals surface area contributed by atoms with Gasteiger partial charge in [-0.15, -0.1) is 0 Å². The summed E-state index contributed by atoms with van der Waals surface area (Å²) in [5.74, 6) is 3.80. The van der Waals surface area contributed by atoms with Crippen molar-refractivity contribution >= 4 is 12.0 Å². The monoisotopic (exact) mass is 427 g/mol. The lowest BCUT2D eigenvalue weighted by Gasteiger charge is -2.32. The number of benzene rings is 1. The van der Waals surface area contributed by atoms with Gasteiger partial charge in [-0.1, -0.05) is 13.8 Å². The molecule has 3 rings (SSSR count). The minimum atomic E-state index is 0.0257. The Kier molecular flexibility index (Phi) is 7.60.